The Balaban J connectivity index is 1.47. The normalized spacial score (nSPS) is 16.7. The zero-order valence-corrected chi connectivity index (χ0v) is 22.1. The van der Waals surface area contributed by atoms with Crippen LogP contribution in [0, 0.1) is 5.82 Å². The summed E-state index contributed by atoms with van der Waals surface area (Å²) >= 11 is 6.02. The first-order valence-corrected chi connectivity index (χ1v) is 12.9. The highest BCUT2D eigenvalue weighted by molar-refractivity contribution is 6.31. The van der Waals surface area contributed by atoms with Crippen LogP contribution in [0.5, 0.6) is 0 Å². The maximum atomic E-state index is 15.2. The summed E-state index contributed by atoms with van der Waals surface area (Å²) in [6, 6.07) is 15.7. The number of carbonyl (C=O) groups is 2. The van der Waals surface area contributed by atoms with Crippen LogP contribution >= 0.6 is 11.6 Å². The van der Waals surface area contributed by atoms with E-state index in [1.165, 1.54) is 18.2 Å². The third kappa shape index (κ3) is 4.71. The molecule has 0 bridgehead atoms. The second kappa shape index (κ2) is 10.6. The van der Waals surface area contributed by atoms with Gasteiger partial charge in [0.05, 0.1) is 21.7 Å². The van der Waals surface area contributed by atoms with Crippen molar-refractivity contribution in [2.75, 3.05) is 36.5 Å². The van der Waals surface area contributed by atoms with E-state index in [1.807, 2.05) is 13.8 Å². The van der Waals surface area contributed by atoms with Crippen LogP contribution in [0.4, 0.5) is 20.8 Å². The van der Waals surface area contributed by atoms with Gasteiger partial charge in [0.2, 0.25) is 5.95 Å². The molecule has 5 rings (SSSR count). The molecule has 0 saturated heterocycles. The Kier molecular flexibility index (Phi) is 7.26. The molecule has 39 heavy (non-hydrogen) atoms. The first-order valence-electron chi connectivity index (χ1n) is 12.5. The molecule has 9 nitrogen and oxygen atoms in total. The number of halogens is 2. The minimum Gasteiger partial charge on any atom is -0.448 e. The molecule has 1 aliphatic heterocycles. The van der Waals surface area contributed by atoms with Crippen LogP contribution in [0.3, 0.4) is 0 Å². The van der Waals surface area contributed by atoms with Crippen molar-refractivity contribution in [3.05, 3.63) is 88.2 Å². The molecule has 0 saturated carbocycles. The number of carbonyl (C=O) groups excluding carboxylic acids is 2. The number of imidazole rings is 1. The van der Waals surface area contributed by atoms with Crippen molar-refractivity contribution in [3.63, 3.8) is 0 Å². The number of aliphatic hydroxyl groups is 1. The largest absolute Gasteiger partial charge is 0.448 e. The van der Waals surface area contributed by atoms with Gasteiger partial charge in [-0.3, -0.25) is 15.0 Å². The molecule has 1 atom stereocenters. The minimum absolute atomic E-state index is 0.155. The summed E-state index contributed by atoms with van der Waals surface area (Å²) < 4.78 is 20.4. The van der Waals surface area contributed by atoms with E-state index in [-0.39, 0.29) is 34.4 Å². The van der Waals surface area contributed by atoms with Gasteiger partial charge in [-0.25, -0.2) is 14.2 Å². The lowest BCUT2D eigenvalue weighted by Gasteiger charge is -2.35. The number of rotatable bonds is 8. The predicted octanol–water partition coefficient (Wildman–Crippen LogP) is 5.10. The van der Waals surface area contributed by atoms with Gasteiger partial charge in [-0.05, 0) is 43.4 Å². The molecule has 1 unspecified atom stereocenters. The number of aromatic nitrogens is 2. The minimum atomic E-state index is -2.05. The number of ether oxygens (including phenoxy) is 1. The van der Waals surface area contributed by atoms with E-state index >= 15 is 4.39 Å². The number of benzene rings is 3. The van der Waals surface area contributed by atoms with Crippen LogP contribution in [0.1, 0.15) is 35.3 Å². The van der Waals surface area contributed by atoms with Crippen molar-refractivity contribution in [1.29, 1.82) is 0 Å². The molecule has 3 N–H and O–H groups in total. The van der Waals surface area contributed by atoms with Gasteiger partial charge in [-0.1, -0.05) is 55.8 Å². The smallest absolute Gasteiger partial charge is 0.414 e. The van der Waals surface area contributed by atoms with E-state index in [0.717, 1.165) is 18.0 Å². The summed E-state index contributed by atoms with van der Waals surface area (Å²) in [4.78, 5) is 36.3. The number of amides is 2. The number of anilines is 2. The van der Waals surface area contributed by atoms with Gasteiger partial charge in [0.25, 0.3) is 5.91 Å². The highest BCUT2D eigenvalue weighted by Crippen LogP contribution is 2.46. The Morgan fingerprint density at radius 1 is 1.18 bits per heavy atom. The molecule has 11 heteroatoms. The SMILES string of the molecule is CCN(CC)CCOC(=O)Nc1nc2cc(C3(O)c4ccccc4C(=O)N3c3cccc(Cl)c3F)ccc2[nH]1. The van der Waals surface area contributed by atoms with Gasteiger partial charge in [-0.15, -0.1) is 0 Å². The van der Waals surface area contributed by atoms with Crippen molar-refractivity contribution in [1.82, 2.24) is 14.9 Å². The Labute approximate surface area is 229 Å². The predicted molar refractivity (Wildman–Crippen MR) is 147 cm³/mol. The molecule has 1 aliphatic rings. The summed E-state index contributed by atoms with van der Waals surface area (Å²) in [5.74, 6) is -1.25. The second-order valence-corrected chi connectivity index (χ2v) is 9.44. The lowest BCUT2D eigenvalue weighted by Crippen LogP contribution is -2.45. The lowest BCUT2D eigenvalue weighted by atomic mass is 9.93. The monoisotopic (exact) mass is 551 g/mol. The Hall–Kier alpha value is -3.99. The quantitative estimate of drug-likeness (QED) is 0.281. The number of likely N-dealkylation sites (N-methyl/N-ethyl adjacent to an activating group) is 1. The standard InChI is InChI=1S/C28H27ClFN5O4/c1-3-34(4-2)14-15-39-27(37)33-26-31-21-13-12-17(16-22(21)32-26)28(38)19-9-6-5-8-18(19)25(36)35(28)23-11-7-10-20(29)24(23)30/h5-13,16,38H,3-4,14-15H2,1-2H3,(H2,31,32,33,37). The van der Waals surface area contributed by atoms with Gasteiger partial charge < -0.3 is 19.7 Å². The average Bonchev–Trinajstić information content (AvgIpc) is 3.44. The van der Waals surface area contributed by atoms with E-state index in [0.29, 0.717) is 23.1 Å². The van der Waals surface area contributed by atoms with Crippen molar-refractivity contribution in [2.45, 2.75) is 19.6 Å². The average molecular weight is 552 g/mol. The van der Waals surface area contributed by atoms with E-state index in [4.69, 9.17) is 16.3 Å². The number of fused-ring (bicyclic) bond motifs is 2. The molecule has 0 radical (unpaired) electrons. The molecule has 2 heterocycles. The van der Waals surface area contributed by atoms with E-state index in [9.17, 15) is 14.7 Å². The molecule has 3 aromatic carbocycles. The van der Waals surface area contributed by atoms with Crippen LogP contribution in [0.25, 0.3) is 11.0 Å². The molecule has 1 aromatic heterocycles. The zero-order valence-electron chi connectivity index (χ0n) is 21.4. The Morgan fingerprint density at radius 2 is 1.95 bits per heavy atom. The van der Waals surface area contributed by atoms with Crippen LogP contribution in [0.15, 0.2) is 60.7 Å². The summed E-state index contributed by atoms with van der Waals surface area (Å²) in [6.07, 6.45) is -0.655. The number of hydrogen-bond acceptors (Lipinski definition) is 6. The van der Waals surface area contributed by atoms with Gasteiger partial charge in [0.15, 0.2) is 11.5 Å². The topological polar surface area (TPSA) is 111 Å². The first-order chi connectivity index (χ1) is 18.8. The fourth-order valence-corrected chi connectivity index (χ4v) is 4.99. The highest BCUT2D eigenvalue weighted by atomic mass is 35.5. The molecule has 0 fully saturated rings. The Bertz CT molecular complexity index is 1560. The number of hydrogen-bond donors (Lipinski definition) is 3. The van der Waals surface area contributed by atoms with Gasteiger partial charge in [-0.2, -0.15) is 0 Å². The molecule has 2 amide bonds. The fourth-order valence-electron chi connectivity index (χ4n) is 4.82. The molecular weight excluding hydrogens is 525 g/mol. The van der Waals surface area contributed by atoms with E-state index < -0.39 is 23.5 Å². The summed E-state index contributed by atoms with van der Waals surface area (Å²) in [5.41, 5.74) is -0.448. The van der Waals surface area contributed by atoms with Crippen molar-refractivity contribution in [3.8, 4) is 0 Å². The molecule has 0 aliphatic carbocycles. The molecule has 202 valence electrons. The van der Waals surface area contributed by atoms with Crippen LogP contribution in [-0.4, -0.2) is 58.2 Å². The van der Waals surface area contributed by atoms with Crippen molar-refractivity contribution >= 4 is 46.3 Å². The number of nitrogens with one attached hydrogen (secondary N) is 2. The molecule has 0 spiro atoms. The summed E-state index contributed by atoms with van der Waals surface area (Å²) in [6.45, 7) is 6.64. The van der Waals surface area contributed by atoms with Crippen LogP contribution < -0.4 is 10.2 Å². The van der Waals surface area contributed by atoms with E-state index in [1.54, 1.807) is 42.5 Å². The van der Waals surface area contributed by atoms with Crippen molar-refractivity contribution < 1.29 is 23.8 Å². The maximum absolute atomic E-state index is 15.2. The Morgan fingerprint density at radius 3 is 2.72 bits per heavy atom. The van der Waals surface area contributed by atoms with Gasteiger partial charge >= 0.3 is 6.09 Å². The third-order valence-corrected chi connectivity index (χ3v) is 7.16. The first kappa shape index (κ1) is 26.6. The second-order valence-electron chi connectivity index (χ2n) is 9.04. The fraction of sp³-hybridized carbons (Fsp3) is 0.250. The van der Waals surface area contributed by atoms with Gasteiger partial charge in [0, 0.05) is 23.2 Å². The number of H-pyrrole nitrogens is 1. The maximum Gasteiger partial charge on any atom is 0.414 e. The lowest BCUT2D eigenvalue weighted by molar-refractivity contribution is 0.0699. The molecular formula is C28H27ClFN5O4. The number of nitrogens with zero attached hydrogens (tertiary/aromatic N) is 3. The zero-order chi connectivity index (χ0) is 27.7. The third-order valence-electron chi connectivity index (χ3n) is 6.87. The van der Waals surface area contributed by atoms with E-state index in [2.05, 4.69) is 20.2 Å². The summed E-state index contributed by atoms with van der Waals surface area (Å²) in [5, 5.41) is 14.6. The highest BCUT2D eigenvalue weighted by Gasteiger charge is 2.51. The van der Waals surface area contributed by atoms with Crippen molar-refractivity contribution in [2.24, 2.45) is 0 Å². The summed E-state index contributed by atoms with van der Waals surface area (Å²) in [7, 11) is 0. The van der Waals surface area contributed by atoms with Gasteiger partial charge in [0.1, 0.15) is 6.61 Å². The molecule has 4 aromatic rings. The number of aromatic amines is 1. The van der Waals surface area contributed by atoms with Crippen LogP contribution in [0.2, 0.25) is 5.02 Å². The van der Waals surface area contributed by atoms with Crippen LogP contribution in [-0.2, 0) is 10.5 Å².